The molecule has 4 heteroatoms. The van der Waals surface area contributed by atoms with E-state index >= 15 is 0 Å². The fourth-order valence-corrected chi connectivity index (χ4v) is 8.05. The van der Waals surface area contributed by atoms with E-state index in [0.717, 1.165) is 47.3 Å². The molecular weight excluding hydrogens is 280 g/mol. The molecule has 5 aliphatic rings. The van der Waals surface area contributed by atoms with Gasteiger partial charge in [-0.25, -0.2) is 0 Å². The Bertz CT molecular complexity index is 459. The summed E-state index contributed by atoms with van der Waals surface area (Å²) in [5, 5.41) is 0. The van der Waals surface area contributed by atoms with Gasteiger partial charge in [0.15, 0.2) is 0 Å². The summed E-state index contributed by atoms with van der Waals surface area (Å²) in [4.78, 5) is 23.6. The second-order valence-electron chi connectivity index (χ2n) is 8.32. The molecule has 0 saturated heterocycles. The molecule has 0 aromatic heterocycles. The third-order valence-corrected chi connectivity index (χ3v) is 8.30. The molecule has 5 saturated carbocycles. The molecule has 5 rings (SSSR count). The van der Waals surface area contributed by atoms with Gasteiger partial charge < -0.3 is 9.47 Å². The second-order valence-corrected chi connectivity index (χ2v) is 8.32. The smallest absolute Gasteiger partial charge is 0.305 e. The van der Waals surface area contributed by atoms with Gasteiger partial charge in [0.25, 0.3) is 0 Å². The van der Waals surface area contributed by atoms with Crippen LogP contribution < -0.4 is 0 Å². The molecule has 5 aliphatic carbocycles. The van der Waals surface area contributed by atoms with E-state index in [-0.39, 0.29) is 11.9 Å². The predicted octanol–water partition coefficient (Wildman–Crippen LogP) is 2.12. The second kappa shape index (κ2) is 4.27. The lowest BCUT2D eigenvalue weighted by Crippen LogP contribution is -2.41. The van der Waals surface area contributed by atoms with Gasteiger partial charge in [0.1, 0.15) is 0 Å². The zero-order valence-electron chi connectivity index (χ0n) is 13.2. The Kier molecular flexibility index (Phi) is 2.60. The Morgan fingerprint density at radius 1 is 0.727 bits per heavy atom. The van der Waals surface area contributed by atoms with Crippen LogP contribution in [0.3, 0.4) is 0 Å². The van der Waals surface area contributed by atoms with Gasteiger partial charge >= 0.3 is 11.9 Å². The average molecular weight is 304 g/mol. The van der Waals surface area contributed by atoms with E-state index in [1.807, 2.05) is 0 Å². The molecular formula is C18H24O4. The van der Waals surface area contributed by atoms with Gasteiger partial charge in [-0.1, -0.05) is 0 Å². The lowest BCUT2D eigenvalue weighted by atomic mass is 9.60. The Morgan fingerprint density at radius 2 is 1.05 bits per heavy atom. The molecule has 0 aromatic rings. The monoisotopic (exact) mass is 304 g/mol. The number of ether oxygens (including phenoxy) is 2. The number of methoxy groups -OCH3 is 2. The average Bonchev–Trinajstić information content (AvgIpc) is 3.11. The van der Waals surface area contributed by atoms with Crippen LogP contribution in [0.15, 0.2) is 0 Å². The molecule has 6 atom stereocenters. The molecule has 22 heavy (non-hydrogen) atoms. The van der Waals surface area contributed by atoms with Gasteiger partial charge in [-0.15, -0.1) is 0 Å². The van der Waals surface area contributed by atoms with Crippen LogP contribution >= 0.6 is 0 Å². The fraction of sp³-hybridized carbons (Fsp3) is 0.889. The van der Waals surface area contributed by atoms with Gasteiger partial charge in [-0.3, -0.25) is 9.59 Å². The summed E-state index contributed by atoms with van der Waals surface area (Å²) < 4.78 is 9.88. The van der Waals surface area contributed by atoms with Gasteiger partial charge in [-0.2, -0.15) is 0 Å². The van der Waals surface area contributed by atoms with E-state index in [4.69, 9.17) is 9.47 Å². The third kappa shape index (κ3) is 1.36. The van der Waals surface area contributed by atoms with Crippen LogP contribution in [0.5, 0.6) is 0 Å². The van der Waals surface area contributed by atoms with Crippen molar-refractivity contribution >= 4 is 11.9 Å². The summed E-state index contributed by atoms with van der Waals surface area (Å²) >= 11 is 0. The minimum atomic E-state index is -0.0296. The highest BCUT2D eigenvalue weighted by atomic mass is 16.5. The van der Waals surface area contributed by atoms with Crippen molar-refractivity contribution in [1.29, 1.82) is 0 Å². The fourth-order valence-electron chi connectivity index (χ4n) is 8.05. The highest BCUT2D eigenvalue weighted by molar-refractivity contribution is 5.70. The number of hydrogen-bond donors (Lipinski definition) is 0. The molecule has 0 heterocycles. The Hall–Kier alpha value is -1.06. The van der Waals surface area contributed by atoms with Crippen molar-refractivity contribution in [3.63, 3.8) is 0 Å². The van der Waals surface area contributed by atoms with Crippen LogP contribution in [-0.2, 0) is 19.1 Å². The molecule has 2 unspecified atom stereocenters. The highest BCUT2D eigenvalue weighted by Gasteiger charge is 2.78. The van der Waals surface area contributed by atoms with E-state index < -0.39 is 0 Å². The van der Waals surface area contributed by atoms with Crippen molar-refractivity contribution in [2.75, 3.05) is 14.2 Å². The van der Waals surface area contributed by atoms with Gasteiger partial charge in [-0.05, 0) is 72.0 Å². The van der Waals surface area contributed by atoms with Gasteiger partial charge in [0, 0.05) is 12.8 Å². The van der Waals surface area contributed by atoms with E-state index in [1.54, 1.807) is 0 Å². The molecule has 0 N–H and O–H groups in total. The normalized spacial score (nSPS) is 55.2. The minimum Gasteiger partial charge on any atom is -0.469 e. The summed E-state index contributed by atoms with van der Waals surface area (Å²) in [6.45, 7) is 0. The van der Waals surface area contributed by atoms with Crippen LogP contribution in [0.2, 0.25) is 0 Å². The zero-order chi connectivity index (χ0) is 15.2. The molecule has 0 aromatic carbocycles. The van der Waals surface area contributed by atoms with Gasteiger partial charge in [0.05, 0.1) is 14.2 Å². The largest absolute Gasteiger partial charge is 0.469 e. The first-order chi connectivity index (χ1) is 10.7. The molecule has 4 nitrogen and oxygen atoms in total. The summed E-state index contributed by atoms with van der Waals surface area (Å²) in [6.07, 6.45) is 3.75. The molecule has 0 aliphatic heterocycles. The lowest BCUT2D eigenvalue weighted by molar-refractivity contribution is -0.142. The first-order valence-corrected chi connectivity index (χ1v) is 8.79. The molecule has 5 fully saturated rings. The van der Waals surface area contributed by atoms with Crippen molar-refractivity contribution in [3.05, 3.63) is 0 Å². The number of carbonyl (C=O) groups is 2. The first kappa shape index (κ1) is 13.4. The zero-order valence-corrected chi connectivity index (χ0v) is 13.2. The van der Waals surface area contributed by atoms with Crippen LogP contribution in [0, 0.1) is 59.2 Å². The lowest BCUT2D eigenvalue weighted by Gasteiger charge is -2.44. The Morgan fingerprint density at radius 3 is 1.32 bits per heavy atom. The first-order valence-electron chi connectivity index (χ1n) is 8.79. The van der Waals surface area contributed by atoms with Crippen molar-refractivity contribution in [2.24, 2.45) is 59.2 Å². The third-order valence-electron chi connectivity index (χ3n) is 8.30. The van der Waals surface area contributed by atoms with Crippen molar-refractivity contribution in [1.82, 2.24) is 0 Å². The SMILES string of the molecule is COC(=O)CC1[C@@H]2C[C@H]3C4C2C2C4[C@@H](C[C@@H]21)C3CC(=O)OC. The number of rotatable bonds is 4. The Labute approximate surface area is 130 Å². The van der Waals surface area contributed by atoms with E-state index in [2.05, 4.69) is 0 Å². The molecule has 0 bridgehead atoms. The molecule has 120 valence electrons. The van der Waals surface area contributed by atoms with E-state index in [9.17, 15) is 9.59 Å². The van der Waals surface area contributed by atoms with Crippen molar-refractivity contribution < 1.29 is 19.1 Å². The molecule has 0 radical (unpaired) electrons. The molecule has 0 spiro atoms. The topological polar surface area (TPSA) is 52.6 Å². The maximum absolute atomic E-state index is 11.8. The maximum Gasteiger partial charge on any atom is 0.305 e. The number of hydrogen-bond acceptors (Lipinski definition) is 4. The van der Waals surface area contributed by atoms with Crippen LogP contribution in [0.4, 0.5) is 0 Å². The summed E-state index contributed by atoms with van der Waals surface area (Å²) in [6, 6.07) is 0. The van der Waals surface area contributed by atoms with Crippen LogP contribution in [-0.4, -0.2) is 26.2 Å². The number of carbonyl (C=O) groups excluding carboxylic acids is 2. The standard InChI is InChI=1S/C18H24O4/c1-21-13(19)5-7-9-3-11-8(6-14(20)22-2)12-4-10(7)16-15(9)17(11)18(12)16/h7-12,15-18H,3-6H2,1-2H3/t7?,8?,9-,10+,11+,12-,15?,16?,17?,18?. The van der Waals surface area contributed by atoms with Crippen LogP contribution in [0.25, 0.3) is 0 Å². The molecule has 0 amide bonds. The predicted molar refractivity (Wildman–Crippen MR) is 77.4 cm³/mol. The summed E-state index contributed by atoms with van der Waals surface area (Å²) in [7, 11) is 3.01. The maximum atomic E-state index is 11.8. The quantitative estimate of drug-likeness (QED) is 0.747. The van der Waals surface area contributed by atoms with Crippen molar-refractivity contribution in [2.45, 2.75) is 25.7 Å². The van der Waals surface area contributed by atoms with E-state index in [0.29, 0.717) is 24.7 Å². The van der Waals surface area contributed by atoms with Gasteiger partial charge in [0.2, 0.25) is 0 Å². The van der Waals surface area contributed by atoms with E-state index in [1.165, 1.54) is 27.1 Å². The Balaban J connectivity index is 1.43. The highest BCUT2D eigenvalue weighted by Crippen LogP contribution is 2.83. The summed E-state index contributed by atoms with van der Waals surface area (Å²) in [5.74, 6) is 7.41. The van der Waals surface area contributed by atoms with Crippen LogP contribution in [0.1, 0.15) is 25.7 Å². The minimum absolute atomic E-state index is 0.0296. The number of esters is 2. The summed E-state index contributed by atoms with van der Waals surface area (Å²) in [5.41, 5.74) is 0. The van der Waals surface area contributed by atoms with Crippen molar-refractivity contribution in [3.8, 4) is 0 Å².